The van der Waals surface area contributed by atoms with E-state index < -0.39 is 6.04 Å². The first kappa shape index (κ1) is 17.0. The molecule has 0 bridgehead atoms. The van der Waals surface area contributed by atoms with Gasteiger partial charge in [0.25, 0.3) is 0 Å². The van der Waals surface area contributed by atoms with E-state index in [-0.39, 0.29) is 23.8 Å². The minimum atomic E-state index is -0.603. The maximum Gasteiger partial charge on any atom is 0.239 e. The van der Waals surface area contributed by atoms with E-state index in [1.807, 2.05) is 20.8 Å². The van der Waals surface area contributed by atoms with Gasteiger partial charge < -0.3 is 16.4 Å². The third-order valence-electron chi connectivity index (χ3n) is 3.95. The molecular weight excluding hydrogens is 254 g/mol. The van der Waals surface area contributed by atoms with Gasteiger partial charge in [0.1, 0.15) is 0 Å². The summed E-state index contributed by atoms with van der Waals surface area (Å²) in [6, 6.07) is -0.603. The standard InChI is InChI=1S/C15H29N3O2/c1-15(2,3)13(16)14(20)18-10-12(19)17-9-11-7-5-4-6-8-11/h11,13H,4-10,16H2,1-3H3,(H,17,19)(H,18,20). The van der Waals surface area contributed by atoms with Crippen LogP contribution in [0.5, 0.6) is 0 Å². The zero-order chi connectivity index (χ0) is 15.2. The van der Waals surface area contributed by atoms with Crippen molar-refractivity contribution < 1.29 is 9.59 Å². The van der Waals surface area contributed by atoms with Crippen molar-refractivity contribution in [3.63, 3.8) is 0 Å². The molecule has 0 spiro atoms. The minimum absolute atomic E-state index is 0.00926. The van der Waals surface area contributed by atoms with E-state index in [1.165, 1.54) is 32.1 Å². The Morgan fingerprint density at radius 1 is 1.15 bits per heavy atom. The zero-order valence-corrected chi connectivity index (χ0v) is 13.0. The smallest absolute Gasteiger partial charge is 0.239 e. The lowest BCUT2D eigenvalue weighted by atomic mass is 9.87. The van der Waals surface area contributed by atoms with Gasteiger partial charge in [-0.2, -0.15) is 0 Å². The van der Waals surface area contributed by atoms with Crippen LogP contribution in [0.15, 0.2) is 0 Å². The molecule has 4 N–H and O–H groups in total. The van der Waals surface area contributed by atoms with Gasteiger partial charge in [0.05, 0.1) is 12.6 Å². The number of nitrogens with two attached hydrogens (primary N) is 1. The molecule has 1 aliphatic rings. The molecule has 0 aromatic rings. The van der Waals surface area contributed by atoms with Crippen LogP contribution in [0.2, 0.25) is 0 Å². The Morgan fingerprint density at radius 2 is 1.75 bits per heavy atom. The van der Waals surface area contributed by atoms with Gasteiger partial charge in [0, 0.05) is 6.54 Å². The highest BCUT2D eigenvalue weighted by Gasteiger charge is 2.27. The van der Waals surface area contributed by atoms with Crippen molar-refractivity contribution in [2.45, 2.75) is 58.9 Å². The molecule has 116 valence electrons. The topological polar surface area (TPSA) is 84.2 Å². The zero-order valence-electron chi connectivity index (χ0n) is 13.0. The number of nitrogens with one attached hydrogen (secondary N) is 2. The predicted molar refractivity (Wildman–Crippen MR) is 80.0 cm³/mol. The van der Waals surface area contributed by atoms with Crippen molar-refractivity contribution in [1.82, 2.24) is 10.6 Å². The molecule has 1 saturated carbocycles. The molecule has 1 unspecified atom stereocenters. The van der Waals surface area contributed by atoms with Gasteiger partial charge in [0.2, 0.25) is 11.8 Å². The molecule has 5 nitrogen and oxygen atoms in total. The van der Waals surface area contributed by atoms with Gasteiger partial charge in [0.15, 0.2) is 0 Å². The molecule has 0 aromatic heterocycles. The first-order valence-corrected chi connectivity index (χ1v) is 7.60. The first-order valence-electron chi connectivity index (χ1n) is 7.60. The molecule has 1 atom stereocenters. The van der Waals surface area contributed by atoms with Gasteiger partial charge >= 0.3 is 0 Å². The lowest BCUT2D eigenvalue weighted by Gasteiger charge is -2.26. The van der Waals surface area contributed by atoms with E-state index in [1.54, 1.807) is 0 Å². The van der Waals surface area contributed by atoms with Crippen molar-refractivity contribution in [2.75, 3.05) is 13.1 Å². The van der Waals surface area contributed by atoms with Gasteiger partial charge in [-0.15, -0.1) is 0 Å². The Kier molecular flexibility index (Phi) is 6.46. The summed E-state index contributed by atoms with van der Waals surface area (Å²) in [5, 5.41) is 5.49. The second-order valence-electron chi connectivity index (χ2n) is 6.87. The normalized spacial score (nSPS) is 18.4. The summed E-state index contributed by atoms with van der Waals surface area (Å²) in [5.74, 6) is 0.190. The van der Waals surface area contributed by atoms with Crippen LogP contribution in [0, 0.1) is 11.3 Å². The summed E-state index contributed by atoms with van der Waals surface area (Å²) in [6.45, 7) is 6.44. The van der Waals surface area contributed by atoms with Gasteiger partial charge in [-0.1, -0.05) is 40.0 Å². The Hall–Kier alpha value is -1.10. The summed E-state index contributed by atoms with van der Waals surface area (Å²) >= 11 is 0. The molecule has 20 heavy (non-hydrogen) atoms. The largest absolute Gasteiger partial charge is 0.354 e. The average Bonchev–Trinajstić information content (AvgIpc) is 2.41. The molecule has 1 fully saturated rings. The van der Waals surface area contributed by atoms with Crippen LogP contribution < -0.4 is 16.4 Å². The van der Waals surface area contributed by atoms with Crippen LogP contribution in [0.1, 0.15) is 52.9 Å². The van der Waals surface area contributed by atoms with Crippen LogP contribution in [0.25, 0.3) is 0 Å². The summed E-state index contributed by atoms with van der Waals surface area (Å²) < 4.78 is 0. The van der Waals surface area contributed by atoms with Crippen molar-refractivity contribution in [3.05, 3.63) is 0 Å². The molecule has 0 heterocycles. The van der Waals surface area contributed by atoms with Crippen molar-refractivity contribution in [3.8, 4) is 0 Å². The number of rotatable bonds is 5. The Morgan fingerprint density at radius 3 is 2.30 bits per heavy atom. The molecule has 0 radical (unpaired) electrons. The van der Waals surface area contributed by atoms with Crippen molar-refractivity contribution in [1.29, 1.82) is 0 Å². The van der Waals surface area contributed by atoms with E-state index in [0.29, 0.717) is 5.92 Å². The fourth-order valence-corrected chi connectivity index (χ4v) is 2.38. The van der Waals surface area contributed by atoms with E-state index in [4.69, 9.17) is 5.73 Å². The second kappa shape index (κ2) is 7.62. The molecule has 1 rings (SSSR count). The maximum atomic E-state index is 11.8. The maximum absolute atomic E-state index is 11.8. The first-order chi connectivity index (χ1) is 9.30. The molecule has 0 aliphatic heterocycles. The molecule has 2 amide bonds. The summed E-state index contributed by atoms with van der Waals surface area (Å²) in [7, 11) is 0. The average molecular weight is 283 g/mol. The Labute approximate surface area is 122 Å². The highest BCUT2D eigenvalue weighted by atomic mass is 16.2. The molecule has 5 heteroatoms. The van der Waals surface area contributed by atoms with E-state index in [9.17, 15) is 9.59 Å². The SMILES string of the molecule is CC(C)(C)C(N)C(=O)NCC(=O)NCC1CCCCC1. The Bertz CT molecular complexity index is 331. The lowest BCUT2D eigenvalue weighted by Crippen LogP contribution is -2.50. The van der Waals surface area contributed by atoms with Gasteiger partial charge in [-0.3, -0.25) is 9.59 Å². The van der Waals surface area contributed by atoms with Crippen molar-refractivity contribution >= 4 is 11.8 Å². The Balaban J connectivity index is 2.20. The van der Waals surface area contributed by atoms with E-state index >= 15 is 0 Å². The lowest BCUT2D eigenvalue weighted by molar-refractivity contribution is -0.128. The third-order valence-corrected chi connectivity index (χ3v) is 3.95. The minimum Gasteiger partial charge on any atom is -0.354 e. The molecule has 0 aromatic carbocycles. The number of carbonyl (C=O) groups is 2. The fraction of sp³-hybridized carbons (Fsp3) is 0.867. The molecular formula is C15H29N3O2. The third kappa shape index (κ3) is 5.90. The van der Waals surface area contributed by atoms with Crippen molar-refractivity contribution in [2.24, 2.45) is 17.1 Å². The van der Waals surface area contributed by atoms with E-state index in [0.717, 1.165) is 6.54 Å². The van der Waals surface area contributed by atoms with Crippen LogP contribution >= 0.6 is 0 Å². The summed E-state index contributed by atoms with van der Waals surface area (Å²) in [6.07, 6.45) is 6.23. The van der Waals surface area contributed by atoms with Crippen LogP contribution in [0.3, 0.4) is 0 Å². The molecule has 1 aliphatic carbocycles. The monoisotopic (exact) mass is 283 g/mol. The van der Waals surface area contributed by atoms with Crippen LogP contribution in [-0.2, 0) is 9.59 Å². The summed E-state index contributed by atoms with van der Waals surface area (Å²) in [5.41, 5.74) is 5.52. The molecule has 0 saturated heterocycles. The van der Waals surface area contributed by atoms with Gasteiger partial charge in [-0.05, 0) is 24.2 Å². The van der Waals surface area contributed by atoms with E-state index in [2.05, 4.69) is 10.6 Å². The summed E-state index contributed by atoms with van der Waals surface area (Å²) in [4.78, 5) is 23.5. The second-order valence-corrected chi connectivity index (χ2v) is 6.87. The van der Waals surface area contributed by atoms with Crippen LogP contribution in [0.4, 0.5) is 0 Å². The highest BCUT2D eigenvalue weighted by molar-refractivity contribution is 5.87. The number of hydrogen-bond acceptors (Lipinski definition) is 3. The number of amides is 2. The van der Waals surface area contributed by atoms with Crippen LogP contribution in [-0.4, -0.2) is 30.9 Å². The predicted octanol–water partition coefficient (Wildman–Crippen LogP) is 1.17. The van der Waals surface area contributed by atoms with Gasteiger partial charge in [-0.25, -0.2) is 0 Å². The fourth-order valence-electron chi connectivity index (χ4n) is 2.38. The highest BCUT2D eigenvalue weighted by Crippen LogP contribution is 2.22. The number of hydrogen-bond donors (Lipinski definition) is 3. The number of carbonyl (C=O) groups excluding carboxylic acids is 2. The quantitative estimate of drug-likeness (QED) is 0.708.